The van der Waals surface area contributed by atoms with E-state index in [1.807, 2.05) is 75.4 Å². The van der Waals surface area contributed by atoms with E-state index in [2.05, 4.69) is 10.6 Å². The molecule has 0 aliphatic heterocycles. The molecule has 0 fully saturated rings. The van der Waals surface area contributed by atoms with Crippen LogP contribution in [0.3, 0.4) is 0 Å². The topological polar surface area (TPSA) is 41.1 Å². The molecule has 2 rings (SSSR count). The Kier molecular flexibility index (Phi) is 4.76. The van der Waals surface area contributed by atoms with Crippen molar-refractivity contribution < 1.29 is 4.79 Å². The molecule has 0 radical (unpaired) electrons. The van der Waals surface area contributed by atoms with Crippen molar-refractivity contribution in [3.05, 3.63) is 54.6 Å². The van der Waals surface area contributed by atoms with Crippen LogP contribution >= 0.6 is 0 Å². The Hall–Kier alpha value is -2.13. The van der Waals surface area contributed by atoms with E-state index in [1.54, 1.807) is 0 Å². The van der Waals surface area contributed by atoms with Crippen molar-refractivity contribution in [2.45, 2.75) is 26.3 Å². The zero-order valence-electron chi connectivity index (χ0n) is 12.8. The normalized spacial score (nSPS) is 11.2. The number of anilines is 1. The van der Waals surface area contributed by atoms with Crippen LogP contribution < -0.4 is 10.6 Å². The summed E-state index contributed by atoms with van der Waals surface area (Å²) in [5.41, 5.74) is 2.35. The highest BCUT2D eigenvalue weighted by Crippen LogP contribution is 2.28. The number of rotatable bonds is 5. The fourth-order valence-electron chi connectivity index (χ4n) is 2.26. The molecule has 0 heterocycles. The number of nitrogens with one attached hydrogen (secondary N) is 2. The lowest BCUT2D eigenvalue weighted by atomic mass is 10.0. The van der Waals surface area contributed by atoms with Crippen molar-refractivity contribution in [2.75, 3.05) is 11.9 Å². The molecule has 0 saturated heterocycles. The standard InChI is InChI=1S/C18H22N2O/c1-4-19-18(2,3)17(21)20-16-13-9-8-12-15(16)14-10-6-5-7-11-14/h5-13,19H,4H2,1-3H3,(H,20,21). The van der Waals surface area contributed by atoms with E-state index in [9.17, 15) is 4.79 Å². The van der Waals surface area contributed by atoms with Gasteiger partial charge in [0.1, 0.15) is 0 Å². The number of para-hydroxylation sites is 1. The predicted molar refractivity (Wildman–Crippen MR) is 88.3 cm³/mol. The van der Waals surface area contributed by atoms with Gasteiger partial charge < -0.3 is 10.6 Å². The minimum absolute atomic E-state index is 0.0345. The lowest BCUT2D eigenvalue weighted by Gasteiger charge is -2.25. The van der Waals surface area contributed by atoms with Crippen molar-refractivity contribution in [3.63, 3.8) is 0 Å². The monoisotopic (exact) mass is 282 g/mol. The first-order chi connectivity index (χ1) is 10.0. The lowest BCUT2D eigenvalue weighted by molar-refractivity contribution is -0.121. The largest absolute Gasteiger partial charge is 0.324 e. The second-order valence-electron chi connectivity index (χ2n) is 5.52. The second-order valence-corrected chi connectivity index (χ2v) is 5.52. The molecule has 2 N–H and O–H groups in total. The predicted octanol–water partition coefficient (Wildman–Crippen LogP) is 3.68. The molecule has 1 amide bonds. The Bertz CT molecular complexity index is 606. The summed E-state index contributed by atoms with van der Waals surface area (Å²) in [5, 5.41) is 6.22. The van der Waals surface area contributed by atoms with Crippen LogP contribution in [-0.2, 0) is 4.79 Å². The molecule has 2 aromatic carbocycles. The van der Waals surface area contributed by atoms with E-state index < -0.39 is 5.54 Å². The van der Waals surface area contributed by atoms with Gasteiger partial charge in [-0.05, 0) is 32.0 Å². The summed E-state index contributed by atoms with van der Waals surface area (Å²) in [6, 6.07) is 17.9. The summed E-state index contributed by atoms with van der Waals surface area (Å²) < 4.78 is 0. The summed E-state index contributed by atoms with van der Waals surface area (Å²) in [5.74, 6) is -0.0345. The van der Waals surface area contributed by atoms with Gasteiger partial charge in [-0.2, -0.15) is 0 Å². The van der Waals surface area contributed by atoms with E-state index in [-0.39, 0.29) is 5.91 Å². The molecule has 110 valence electrons. The fraction of sp³-hybridized carbons (Fsp3) is 0.278. The molecule has 0 bridgehead atoms. The minimum atomic E-state index is -0.599. The van der Waals surface area contributed by atoms with Gasteiger partial charge in [-0.15, -0.1) is 0 Å². The summed E-state index contributed by atoms with van der Waals surface area (Å²) in [6.07, 6.45) is 0. The molecule has 3 nitrogen and oxygen atoms in total. The maximum absolute atomic E-state index is 12.4. The van der Waals surface area contributed by atoms with Crippen molar-refractivity contribution in [1.29, 1.82) is 0 Å². The number of amides is 1. The SMILES string of the molecule is CCNC(C)(C)C(=O)Nc1ccccc1-c1ccccc1. The highest BCUT2D eigenvalue weighted by Gasteiger charge is 2.26. The number of hydrogen-bond donors (Lipinski definition) is 2. The zero-order valence-corrected chi connectivity index (χ0v) is 12.8. The highest BCUT2D eigenvalue weighted by molar-refractivity contribution is 6.00. The van der Waals surface area contributed by atoms with Gasteiger partial charge in [-0.1, -0.05) is 55.5 Å². The number of hydrogen-bond acceptors (Lipinski definition) is 2. The van der Waals surface area contributed by atoms with Crippen LogP contribution in [0.15, 0.2) is 54.6 Å². The van der Waals surface area contributed by atoms with Crippen LogP contribution in [0.25, 0.3) is 11.1 Å². The van der Waals surface area contributed by atoms with E-state index >= 15 is 0 Å². The van der Waals surface area contributed by atoms with Crippen molar-refractivity contribution in [1.82, 2.24) is 5.32 Å². The summed E-state index contributed by atoms with van der Waals surface area (Å²) in [4.78, 5) is 12.4. The molecule has 0 unspecified atom stereocenters. The zero-order chi connectivity index (χ0) is 15.3. The van der Waals surface area contributed by atoms with E-state index in [0.717, 1.165) is 23.4 Å². The third-order valence-corrected chi connectivity index (χ3v) is 3.45. The Morgan fingerprint density at radius 2 is 1.62 bits per heavy atom. The highest BCUT2D eigenvalue weighted by atomic mass is 16.2. The third kappa shape index (κ3) is 3.70. The first kappa shape index (κ1) is 15.3. The number of likely N-dealkylation sites (N-methyl/N-ethyl adjacent to an activating group) is 1. The summed E-state index contributed by atoms with van der Waals surface area (Å²) in [7, 11) is 0. The average molecular weight is 282 g/mol. The van der Waals surface area contributed by atoms with Crippen molar-refractivity contribution >= 4 is 11.6 Å². The second kappa shape index (κ2) is 6.55. The van der Waals surface area contributed by atoms with Gasteiger partial charge in [0.15, 0.2) is 0 Å². The van der Waals surface area contributed by atoms with Gasteiger partial charge in [-0.3, -0.25) is 4.79 Å². The summed E-state index contributed by atoms with van der Waals surface area (Å²) in [6.45, 7) is 6.52. The fourth-order valence-corrected chi connectivity index (χ4v) is 2.26. The van der Waals surface area contributed by atoms with Crippen LogP contribution in [0, 0.1) is 0 Å². The Morgan fingerprint density at radius 1 is 1.00 bits per heavy atom. The molecule has 3 heteroatoms. The quantitative estimate of drug-likeness (QED) is 0.878. The Balaban J connectivity index is 2.28. The van der Waals surface area contributed by atoms with Crippen molar-refractivity contribution in [2.24, 2.45) is 0 Å². The Morgan fingerprint density at radius 3 is 2.29 bits per heavy atom. The van der Waals surface area contributed by atoms with Crippen LogP contribution in [0.4, 0.5) is 5.69 Å². The first-order valence-corrected chi connectivity index (χ1v) is 7.25. The number of benzene rings is 2. The van der Waals surface area contributed by atoms with Gasteiger partial charge in [0.05, 0.1) is 5.54 Å². The molecule has 0 aliphatic carbocycles. The lowest BCUT2D eigenvalue weighted by Crippen LogP contribution is -2.49. The molecule has 0 aromatic heterocycles. The van der Waals surface area contributed by atoms with Crippen LogP contribution in [-0.4, -0.2) is 18.0 Å². The smallest absolute Gasteiger partial charge is 0.244 e. The van der Waals surface area contributed by atoms with E-state index in [0.29, 0.717) is 0 Å². The van der Waals surface area contributed by atoms with E-state index in [1.165, 1.54) is 0 Å². The van der Waals surface area contributed by atoms with Crippen molar-refractivity contribution in [3.8, 4) is 11.1 Å². The van der Waals surface area contributed by atoms with Gasteiger partial charge in [0.2, 0.25) is 5.91 Å². The van der Waals surface area contributed by atoms with E-state index in [4.69, 9.17) is 0 Å². The molecule has 21 heavy (non-hydrogen) atoms. The Labute approximate surface area is 126 Å². The maximum Gasteiger partial charge on any atom is 0.244 e. The first-order valence-electron chi connectivity index (χ1n) is 7.25. The number of carbonyl (C=O) groups excluding carboxylic acids is 1. The molecule has 0 spiro atoms. The van der Waals surface area contributed by atoms with Gasteiger partial charge >= 0.3 is 0 Å². The van der Waals surface area contributed by atoms with Gasteiger partial charge in [-0.25, -0.2) is 0 Å². The molecular formula is C18H22N2O. The maximum atomic E-state index is 12.4. The molecular weight excluding hydrogens is 260 g/mol. The number of carbonyl (C=O) groups is 1. The molecule has 0 atom stereocenters. The van der Waals surface area contributed by atoms with Crippen LogP contribution in [0.5, 0.6) is 0 Å². The molecule has 0 aliphatic rings. The van der Waals surface area contributed by atoms with Gasteiger partial charge in [0, 0.05) is 11.3 Å². The van der Waals surface area contributed by atoms with Crippen LogP contribution in [0.2, 0.25) is 0 Å². The minimum Gasteiger partial charge on any atom is -0.324 e. The third-order valence-electron chi connectivity index (χ3n) is 3.45. The van der Waals surface area contributed by atoms with Crippen LogP contribution in [0.1, 0.15) is 20.8 Å². The van der Waals surface area contributed by atoms with Gasteiger partial charge in [0.25, 0.3) is 0 Å². The molecule has 0 saturated carbocycles. The molecule has 2 aromatic rings. The summed E-state index contributed by atoms with van der Waals surface area (Å²) >= 11 is 0. The average Bonchev–Trinajstić information content (AvgIpc) is 2.48.